The minimum atomic E-state index is -1.10. The van der Waals surface area contributed by atoms with E-state index in [1.165, 1.54) is 18.2 Å². The number of benzene rings is 2. The molecule has 0 saturated heterocycles. The number of nitrogens with zero attached hydrogens (tertiary/aromatic N) is 2. The lowest BCUT2D eigenvalue weighted by Crippen LogP contribution is -2.02. The van der Waals surface area contributed by atoms with Crippen molar-refractivity contribution in [3.8, 4) is 16.9 Å². The second-order valence-corrected chi connectivity index (χ2v) is 4.97. The molecule has 1 heterocycles. The van der Waals surface area contributed by atoms with Gasteiger partial charge in [0, 0.05) is 5.56 Å². The van der Waals surface area contributed by atoms with Gasteiger partial charge in [-0.15, -0.1) is 0 Å². The Morgan fingerprint density at radius 1 is 1.09 bits per heavy atom. The first-order chi connectivity index (χ1) is 10.5. The molecule has 22 heavy (non-hydrogen) atoms. The summed E-state index contributed by atoms with van der Waals surface area (Å²) < 4.78 is 14.6. The third-order valence-electron chi connectivity index (χ3n) is 3.35. The van der Waals surface area contributed by atoms with Crippen LogP contribution < -0.4 is 0 Å². The van der Waals surface area contributed by atoms with Crippen LogP contribution in [0.3, 0.4) is 0 Å². The van der Waals surface area contributed by atoms with Crippen LogP contribution in [0.15, 0.2) is 54.6 Å². The van der Waals surface area contributed by atoms with Gasteiger partial charge in [0.1, 0.15) is 5.82 Å². The van der Waals surface area contributed by atoms with Crippen LogP contribution in [-0.2, 0) is 0 Å². The Kier molecular flexibility index (Phi) is 3.47. The van der Waals surface area contributed by atoms with E-state index in [9.17, 15) is 9.18 Å². The molecule has 3 aromatic rings. The lowest BCUT2D eigenvalue weighted by atomic mass is 10.1. The van der Waals surface area contributed by atoms with E-state index < -0.39 is 5.97 Å². The normalized spacial score (nSPS) is 10.6. The van der Waals surface area contributed by atoms with Crippen molar-refractivity contribution in [1.82, 2.24) is 9.78 Å². The number of carbonyl (C=O) groups is 1. The average molecular weight is 296 g/mol. The van der Waals surface area contributed by atoms with E-state index in [0.717, 1.165) is 11.3 Å². The number of carboxylic acid groups (broad SMARTS) is 1. The summed E-state index contributed by atoms with van der Waals surface area (Å²) in [6.07, 6.45) is 0. The van der Waals surface area contributed by atoms with Crippen molar-refractivity contribution < 1.29 is 14.3 Å². The Morgan fingerprint density at radius 3 is 2.32 bits per heavy atom. The summed E-state index contributed by atoms with van der Waals surface area (Å²) in [4.78, 5) is 11.2. The Balaban J connectivity index is 2.17. The predicted molar refractivity (Wildman–Crippen MR) is 80.7 cm³/mol. The number of carboxylic acids is 1. The zero-order valence-electron chi connectivity index (χ0n) is 11.8. The number of aromatic carboxylic acids is 1. The van der Waals surface area contributed by atoms with Crippen molar-refractivity contribution >= 4 is 5.97 Å². The highest BCUT2D eigenvalue weighted by Crippen LogP contribution is 2.24. The zero-order valence-corrected chi connectivity index (χ0v) is 11.8. The molecule has 4 nitrogen and oxygen atoms in total. The number of aromatic nitrogens is 2. The molecule has 0 spiro atoms. The molecule has 110 valence electrons. The fourth-order valence-electron chi connectivity index (χ4n) is 2.19. The first-order valence-corrected chi connectivity index (χ1v) is 6.71. The highest BCUT2D eigenvalue weighted by molar-refractivity contribution is 5.87. The lowest BCUT2D eigenvalue weighted by molar-refractivity contribution is 0.0690. The molecule has 0 aliphatic rings. The summed E-state index contributed by atoms with van der Waals surface area (Å²) in [7, 11) is 0. The van der Waals surface area contributed by atoms with E-state index in [0.29, 0.717) is 11.3 Å². The van der Waals surface area contributed by atoms with Gasteiger partial charge in [0.05, 0.1) is 11.4 Å². The summed E-state index contributed by atoms with van der Waals surface area (Å²) in [5.74, 6) is -1.45. The number of rotatable bonds is 3. The van der Waals surface area contributed by atoms with Crippen molar-refractivity contribution in [1.29, 1.82) is 0 Å². The third-order valence-corrected chi connectivity index (χ3v) is 3.35. The van der Waals surface area contributed by atoms with Crippen molar-refractivity contribution in [2.24, 2.45) is 0 Å². The molecule has 0 saturated carbocycles. The van der Waals surface area contributed by atoms with Gasteiger partial charge >= 0.3 is 5.97 Å². The zero-order chi connectivity index (χ0) is 15.7. The van der Waals surface area contributed by atoms with Gasteiger partial charge in [-0.05, 0) is 49.4 Å². The molecule has 0 aliphatic heterocycles. The summed E-state index contributed by atoms with van der Waals surface area (Å²) in [6.45, 7) is 1.97. The van der Waals surface area contributed by atoms with E-state index in [4.69, 9.17) is 5.11 Å². The fourth-order valence-corrected chi connectivity index (χ4v) is 2.19. The molecule has 0 fully saturated rings. The summed E-state index contributed by atoms with van der Waals surface area (Å²) >= 11 is 0. The molecule has 0 unspecified atom stereocenters. The second-order valence-electron chi connectivity index (χ2n) is 4.97. The third kappa shape index (κ3) is 2.61. The number of hydrogen-bond donors (Lipinski definition) is 1. The maximum absolute atomic E-state index is 13.1. The van der Waals surface area contributed by atoms with Crippen LogP contribution >= 0.6 is 0 Å². The van der Waals surface area contributed by atoms with E-state index in [1.807, 2.05) is 31.2 Å². The van der Waals surface area contributed by atoms with E-state index in [-0.39, 0.29) is 11.5 Å². The molecule has 1 aromatic heterocycles. The molecular weight excluding hydrogens is 283 g/mol. The van der Waals surface area contributed by atoms with Gasteiger partial charge in [0.2, 0.25) is 0 Å². The van der Waals surface area contributed by atoms with E-state index in [1.54, 1.807) is 16.8 Å². The van der Waals surface area contributed by atoms with Crippen molar-refractivity contribution in [3.63, 3.8) is 0 Å². The van der Waals surface area contributed by atoms with Gasteiger partial charge in [0.25, 0.3) is 0 Å². The quantitative estimate of drug-likeness (QED) is 0.802. The molecule has 2 aromatic carbocycles. The molecule has 0 amide bonds. The molecule has 0 radical (unpaired) electrons. The topological polar surface area (TPSA) is 55.1 Å². The van der Waals surface area contributed by atoms with Gasteiger partial charge in [-0.1, -0.05) is 17.7 Å². The van der Waals surface area contributed by atoms with Gasteiger partial charge in [-0.2, -0.15) is 5.10 Å². The first-order valence-electron chi connectivity index (χ1n) is 6.71. The van der Waals surface area contributed by atoms with Crippen molar-refractivity contribution in [3.05, 3.63) is 71.7 Å². The van der Waals surface area contributed by atoms with Crippen LogP contribution in [0.4, 0.5) is 4.39 Å². The molecule has 5 heteroatoms. The summed E-state index contributed by atoms with van der Waals surface area (Å²) in [6, 6.07) is 14.9. The van der Waals surface area contributed by atoms with Crippen LogP contribution in [-0.4, -0.2) is 20.9 Å². The lowest BCUT2D eigenvalue weighted by Gasteiger charge is -2.08. The van der Waals surface area contributed by atoms with Crippen LogP contribution in [0.25, 0.3) is 16.9 Å². The van der Waals surface area contributed by atoms with Gasteiger partial charge < -0.3 is 5.11 Å². The summed E-state index contributed by atoms with van der Waals surface area (Å²) in [5, 5.41) is 13.3. The Morgan fingerprint density at radius 2 is 1.73 bits per heavy atom. The minimum Gasteiger partial charge on any atom is -0.476 e. The molecule has 0 atom stereocenters. The molecule has 1 N–H and O–H groups in total. The highest BCUT2D eigenvalue weighted by atomic mass is 19.1. The van der Waals surface area contributed by atoms with Gasteiger partial charge in [-0.25, -0.2) is 13.9 Å². The smallest absolute Gasteiger partial charge is 0.356 e. The number of halogens is 1. The van der Waals surface area contributed by atoms with Crippen LogP contribution in [0, 0.1) is 12.7 Å². The van der Waals surface area contributed by atoms with Crippen LogP contribution in [0.1, 0.15) is 16.1 Å². The average Bonchev–Trinajstić information content (AvgIpc) is 2.94. The van der Waals surface area contributed by atoms with Crippen LogP contribution in [0.5, 0.6) is 0 Å². The molecular formula is C17H13FN2O2. The Labute approximate surface area is 126 Å². The largest absolute Gasteiger partial charge is 0.476 e. The molecule has 3 rings (SSSR count). The monoisotopic (exact) mass is 296 g/mol. The predicted octanol–water partition coefficient (Wildman–Crippen LogP) is 3.69. The van der Waals surface area contributed by atoms with Crippen molar-refractivity contribution in [2.75, 3.05) is 0 Å². The van der Waals surface area contributed by atoms with Crippen LogP contribution in [0.2, 0.25) is 0 Å². The van der Waals surface area contributed by atoms with E-state index >= 15 is 0 Å². The second kappa shape index (κ2) is 5.44. The van der Waals surface area contributed by atoms with Gasteiger partial charge in [-0.3, -0.25) is 0 Å². The first kappa shape index (κ1) is 14.0. The standard InChI is InChI=1S/C17H13FN2O2/c1-11-2-8-14(9-3-11)20-16(10-15(19-20)17(21)22)12-4-6-13(18)7-5-12/h2-10H,1H3,(H,21,22). The molecule has 0 aliphatic carbocycles. The SMILES string of the molecule is Cc1ccc(-n2nc(C(=O)O)cc2-c2ccc(F)cc2)cc1. The minimum absolute atomic E-state index is 0.0556. The maximum Gasteiger partial charge on any atom is 0.356 e. The van der Waals surface area contributed by atoms with E-state index in [2.05, 4.69) is 5.10 Å². The molecule has 0 bridgehead atoms. The highest BCUT2D eigenvalue weighted by Gasteiger charge is 2.15. The fraction of sp³-hybridized carbons (Fsp3) is 0.0588. The Hall–Kier alpha value is -2.95. The summed E-state index contributed by atoms with van der Waals surface area (Å²) in [5.41, 5.74) is 3.08. The number of hydrogen-bond acceptors (Lipinski definition) is 2. The van der Waals surface area contributed by atoms with Gasteiger partial charge in [0.15, 0.2) is 5.69 Å². The van der Waals surface area contributed by atoms with Crippen molar-refractivity contribution in [2.45, 2.75) is 6.92 Å². The maximum atomic E-state index is 13.1. The Bertz CT molecular complexity index is 758. The number of aryl methyl sites for hydroxylation is 1.